The number of hydrogen-bond acceptors (Lipinski definition) is 3. The van der Waals surface area contributed by atoms with Crippen molar-refractivity contribution >= 4 is 30.1 Å². The van der Waals surface area contributed by atoms with Gasteiger partial charge in [0, 0.05) is 0 Å². The third-order valence-corrected chi connectivity index (χ3v) is 3.62. The van der Waals surface area contributed by atoms with Gasteiger partial charge in [-0.3, -0.25) is 0 Å². The van der Waals surface area contributed by atoms with E-state index in [-0.39, 0.29) is 16.0 Å². The molecule has 1 atom stereocenters. The third-order valence-electron chi connectivity index (χ3n) is 2.07. The van der Waals surface area contributed by atoms with Gasteiger partial charge in [0.2, 0.25) is 0 Å². The van der Waals surface area contributed by atoms with Gasteiger partial charge < -0.3 is 4.74 Å². The van der Waals surface area contributed by atoms with Crippen molar-refractivity contribution in [3.63, 3.8) is 0 Å². The summed E-state index contributed by atoms with van der Waals surface area (Å²) in [6, 6.07) is 2.40. The van der Waals surface area contributed by atoms with Crippen molar-refractivity contribution in [2.75, 3.05) is 13.0 Å². The molecule has 2 rings (SSSR count). The fraction of sp³-hybridized carbons (Fsp3) is 0.300. The Labute approximate surface area is 106 Å². The molecule has 1 unspecified atom stereocenters. The van der Waals surface area contributed by atoms with Crippen LogP contribution in [0.2, 0.25) is 0 Å². The lowest BCUT2D eigenvalue weighted by molar-refractivity contribution is -0.137. The Hall–Kier alpha value is -0.940. The minimum Gasteiger partial charge on any atom is -0.488 e. The molecule has 98 valence electrons. The summed E-state index contributed by atoms with van der Waals surface area (Å²) >= 11 is 0.397. The number of thiazole rings is 1. The van der Waals surface area contributed by atoms with Crippen molar-refractivity contribution in [3.8, 4) is 5.75 Å². The third kappa shape index (κ3) is 2.57. The van der Waals surface area contributed by atoms with Gasteiger partial charge in [-0.25, -0.2) is 9.37 Å². The van der Waals surface area contributed by atoms with Gasteiger partial charge in [0.15, 0.2) is 10.8 Å². The molecule has 2 nitrogen and oxygen atoms in total. The topological polar surface area (TPSA) is 22.1 Å². The zero-order valence-corrected chi connectivity index (χ0v) is 11.0. The maximum absolute atomic E-state index is 13.4. The minimum absolute atomic E-state index is 0.0978. The number of benzene rings is 1. The quantitative estimate of drug-likeness (QED) is 0.628. The molecule has 1 aromatic carbocycles. The van der Waals surface area contributed by atoms with E-state index in [4.69, 9.17) is 4.74 Å². The number of halogens is 4. The Morgan fingerprint density at radius 3 is 2.72 bits per heavy atom. The molecule has 0 spiro atoms. The van der Waals surface area contributed by atoms with E-state index in [9.17, 15) is 17.6 Å². The number of alkyl halides is 3. The van der Waals surface area contributed by atoms with Crippen molar-refractivity contribution in [2.45, 2.75) is 6.18 Å². The molecule has 2 aromatic rings. The number of aromatic nitrogens is 1. The van der Waals surface area contributed by atoms with Gasteiger partial charge in [-0.2, -0.15) is 13.2 Å². The summed E-state index contributed by atoms with van der Waals surface area (Å²) in [6.45, 7) is 1.90. The lowest BCUT2D eigenvalue weighted by Crippen LogP contribution is -2.03. The number of hydrogen-bond donors (Lipinski definition) is 0. The fourth-order valence-electron chi connectivity index (χ4n) is 1.34. The van der Waals surface area contributed by atoms with E-state index in [1.54, 1.807) is 0 Å². The van der Waals surface area contributed by atoms with Gasteiger partial charge in [-0.15, -0.1) is 11.3 Å². The highest BCUT2D eigenvalue weighted by atomic mass is 32.1. The summed E-state index contributed by atoms with van der Waals surface area (Å²) < 4.78 is 56.4. The van der Waals surface area contributed by atoms with Crippen LogP contribution in [0.5, 0.6) is 5.75 Å². The summed E-state index contributed by atoms with van der Waals surface area (Å²) in [5.74, 6) is -0.531. The molecule has 0 radical (unpaired) electrons. The van der Waals surface area contributed by atoms with Crippen molar-refractivity contribution < 1.29 is 22.3 Å². The molecular formula is C10H8F4NOPS. The summed E-state index contributed by atoms with van der Waals surface area (Å²) in [6.07, 6.45) is -4.18. The van der Waals surface area contributed by atoms with Gasteiger partial charge in [0.05, 0.1) is 4.70 Å². The normalized spacial score (nSPS) is 12.7. The number of fused-ring (bicyclic) bond motifs is 1. The predicted octanol–water partition coefficient (Wildman–Crippen LogP) is 4.10. The Bertz CT molecular complexity index is 569. The molecule has 0 amide bonds. The first-order valence-corrected chi connectivity index (χ1v) is 7.39. The van der Waals surface area contributed by atoms with E-state index in [2.05, 4.69) is 4.98 Å². The Morgan fingerprint density at radius 1 is 1.39 bits per heavy atom. The first-order valence-electron chi connectivity index (χ1n) is 4.87. The maximum Gasteiger partial charge on any atom is 0.443 e. The Morgan fingerprint density at radius 2 is 2.11 bits per heavy atom. The van der Waals surface area contributed by atoms with Crippen molar-refractivity contribution in [1.29, 1.82) is 0 Å². The first kappa shape index (κ1) is 13.5. The van der Waals surface area contributed by atoms with Crippen LogP contribution < -0.4 is 4.74 Å². The molecular weight excluding hydrogens is 289 g/mol. The molecule has 1 aromatic heterocycles. The lowest BCUT2D eigenvalue weighted by Gasteiger charge is -2.04. The van der Waals surface area contributed by atoms with Crippen molar-refractivity contribution in [3.05, 3.63) is 23.0 Å². The van der Waals surface area contributed by atoms with Gasteiger partial charge in [0.25, 0.3) is 0 Å². The SMILES string of the molecule is CPCOc1ccc(F)c2nc(C(F)(F)F)sc12. The molecule has 0 saturated carbocycles. The zero-order chi connectivity index (χ0) is 13.3. The van der Waals surface area contributed by atoms with Crippen LogP contribution in [0, 0.1) is 5.82 Å². The van der Waals surface area contributed by atoms with Crippen molar-refractivity contribution in [2.24, 2.45) is 0 Å². The van der Waals surface area contributed by atoms with Crippen LogP contribution in [0.4, 0.5) is 17.6 Å². The maximum atomic E-state index is 13.4. The molecule has 8 heteroatoms. The fourth-order valence-corrected chi connectivity index (χ4v) is 2.55. The molecule has 0 aliphatic carbocycles. The van der Waals surface area contributed by atoms with Crippen LogP contribution in [0.3, 0.4) is 0 Å². The van der Waals surface area contributed by atoms with E-state index < -0.39 is 17.0 Å². The number of rotatable bonds is 3. The molecule has 0 saturated heterocycles. The molecule has 1 heterocycles. The number of ether oxygens (including phenoxy) is 1. The monoisotopic (exact) mass is 297 g/mol. The highest BCUT2D eigenvalue weighted by Gasteiger charge is 2.35. The first-order chi connectivity index (χ1) is 8.43. The van der Waals surface area contributed by atoms with E-state index >= 15 is 0 Å². The van der Waals surface area contributed by atoms with Crippen LogP contribution in [0.15, 0.2) is 12.1 Å². The van der Waals surface area contributed by atoms with Gasteiger partial charge in [0.1, 0.15) is 17.6 Å². The average Bonchev–Trinajstić information content (AvgIpc) is 2.74. The molecule has 18 heavy (non-hydrogen) atoms. The standard InChI is InChI=1S/C10H8F4NOPS/c1-17-4-16-6-3-2-5(11)7-8(6)18-9(15-7)10(12,13)14/h2-3,17H,4H2,1H3. The van der Waals surface area contributed by atoms with E-state index in [0.717, 1.165) is 6.07 Å². The van der Waals surface area contributed by atoms with Crippen LogP contribution >= 0.6 is 19.9 Å². The second-order valence-electron chi connectivity index (χ2n) is 3.38. The summed E-state index contributed by atoms with van der Waals surface area (Å²) in [7, 11) is 0.494. The highest BCUT2D eigenvalue weighted by Crippen LogP contribution is 2.40. The number of nitrogens with zero attached hydrogens (tertiary/aromatic N) is 1. The molecule has 0 fully saturated rings. The largest absolute Gasteiger partial charge is 0.488 e. The lowest BCUT2D eigenvalue weighted by atomic mass is 10.3. The Balaban J connectivity index is 2.55. The van der Waals surface area contributed by atoms with Gasteiger partial charge in [-0.1, -0.05) is 8.58 Å². The van der Waals surface area contributed by atoms with Crippen molar-refractivity contribution in [1.82, 2.24) is 4.98 Å². The molecule has 0 aliphatic rings. The van der Waals surface area contributed by atoms with Crippen LogP contribution in [0.1, 0.15) is 5.01 Å². The van der Waals surface area contributed by atoms with E-state index in [1.165, 1.54) is 6.07 Å². The second kappa shape index (κ2) is 4.97. The summed E-state index contributed by atoms with van der Waals surface area (Å²) in [4.78, 5) is 3.29. The average molecular weight is 297 g/mol. The molecule has 0 N–H and O–H groups in total. The zero-order valence-electron chi connectivity index (χ0n) is 9.14. The smallest absolute Gasteiger partial charge is 0.443 e. The van der Waals surface area contributed by atoms with Crippen LogP contribution in [-0.2, 0) is 6.18 Å². The van der Waals surface area contributed by atoms with Crippen LogP contribution in [-0.4, -0.2) is 18.0 Å². The molecule has 0 aliphatic heterocycles. The highest BCUT2D eigenvalue weighted by molar-refractivity contribution is 7.36. The minimum atomic E-state index is -4.57. The molecule has 0 bridgehead atoms. The van der Waals surface area contributed by atoms with Gasteiger partial charge in [-0.05, 0) is 18.8 Å². The Kier molecular flexibility index (Phi) is 3.73. The summed E-state index contributed by atoms with van der Waals surface area (Å²) in [5, 5.41) is -1.06. The van der Waals surface area contributed by atoms with E-state index in [1.807, 2.05) is 6.66 Å². The van der Waals surface area contributed by atoms with E-state index in [0.29, 0.717) is 26.3 Å². The second-order valence-corrected chi connectivity index (χ2v) is 5.38. The van der Waals surface area contributed by atoms with Gasteiger partial charge >= 0.3 is 6.18 Å². The van der Waals surface area contributed by atoms with Crippen LogP contribution in [0.25, 0.3) is 10.2 Å². The summed E-state index contributed by atoms with van der Waals surface area (Å²) in [5.41, 5.74) is -0.288. The predicted molar refractivity (Wildman–Crippen MR) is 64.3 cm³/mol.